The van der Waals surface area contributed by atoms with Crippen molar-refractivity contribution in [2.45, 2.75) is 6.18 Å². The van der Waals surface area contributed by atoms with E-state index in [0.29, 0.717) is 54.2 Å². The predicted octanol–water partition coefficient (Wildman–Crippen LogP) is 4.98. The number of benzene rings is 3. The van der Waals surface area contributed by atoms with Gasteiger partial charge in [0.2, 0.25) is 0 Å². The fourth-order valence-electron chi connectivity index (χ4n) is 3.98. The van der Waals surface area contributed by atoms with Gasteiger partial charge in [0.1, 0.15) is 5.75 Å². The minimum absolute atomic E-state index is 0.129. The van der Waals surface area contributed by atoms with Crippen LogP contribution in [0.3, 0.4) is 0 Å². The molecule has 0 bridgehead atoms. The van der Waals surface area contributed by atoms with Gasteiger partial charge in [-0.2, -0.15) is 13.2 Å². The van der Waals surface area contributed by atoms with Crippen molar-refractivity contribution in [3.05, 3.63) is 89.5 Å². The van der Waals surface area contributed by atoms with Crippen LogP contribution in [0.2, 0.25) is 0 Å². The molecule has 5 nitrogen and oxygen atoms in total. The molecule has 0 N–H and O–H groups in total. The Morgan fingerprint density at radius 3 is 2.03 bits per heavy atom. The zero-order valence-corrected chi connectivity index (χ0v) is 18.5. The number of piperazine rings is 1. The summed E-state index contributed by atoms with van der Waals surface area (Å²) in [5.41, 5.74) is 1.29. The molecular formula is C26H23F3N2O3. The highest BCUT2D eigenvalue weighted by Gasteiger charge is 2.30. The van der Waals surface area contributed by atoms with E-state index in [2.05, 4.69) is 0 Å². The number of amides is 2. The van der Waals surface area contributed by atoms with Gasteiger partial charge >= 0.3 is 6.18 Å². The largest absolute Gasteiger partial charge is 0.497 e. The fraction of sp³-hybridized carbons (Fsp3) is 0.231. The van der Waals surface area contributed by atoms with Crippen LogP contribution in [0.4, 0.5) is 13.2 Å². The molecule has 0 radical (unpaired) electrons. The lowest BCUT2D eigenvalue weighted by molar-refractivity contribution is -0.137. The second-order valence-electron chi connectivity index (χ2n) is 7.94. The number of ether oxygens (including phenoxy) is 1. The van der Waals surface area contributed by atoms with Crippen LogP contribution in [0.25, 0.3) is 11.1 Å². The minimum atomic E-state index is -4.42. The Hall–Kier alpha value is -3.81. The Morgan fingerprint density at radius 1 is 0.794 bits per heavy atom. The highest BCUT2D eigenvalue weighted by atomic mass is 19.4. The van der Waals surface area contributed by atoms with Crippen molar-refractivity contribution in [3.8, 4) is 16.9 Å². The van der Waals surface area contributed by atoms with Crippen molar-refractivity contribution in [2.24, 2.45) is 0 Å². The number of carbonyl (C=O) groups is 2. The van der Waals surface area contributed by atoms with Gasteiger partial charge in [0, 0.05) is 37.3 Å². The number of nitrogens with zero attached hydrogens (tertiary/aromatic N) is 2. The van der Waals surface area contributed by atoms with Crippen molar-refractivity contribution in [1.29, 1.82) is 0 Å². The smallest absolute Gasteiger partial charge is 0.416 e. The molecule has 8 heteroatoms. The summed E-state index contributed by atoms with van der Waals surface area (Å²) in [6.07, 6.45) is -4.42. The van der Waals surface area contributed by atoms with Gasteiger partial charge in [-0.05, 0) is 47.5 Å². The first-order chi connectivity index (χ1) is 16.3. The average molecular weight is 468 g/mol. The number of carbonyl (C=O) groups excluding carboxylic acids is 2. The Morgan fingerprint density at radius 2 is 1.41 bits per heavy atom. The highest BCUT2D eigenvalue weighted by Crippen LogP contribution is 2.32. The lowest BCUT2D eigenvalue weighted by Gasteiger charge is -2.35. The van der Waals surface area contributed by atoms with E-state index in [0.717, 1.165) is 12.1 Å². The van der Waals surface area contributed by atoms with E-state index >= 15 is 0 Å². The molecule has 3 aromatic rings. The van der Waals surface area contributed by atoms with E-state index in [1.807, 2.05) is 0 Å². The van der Waals surface area contributed by atoms with Crippen molar-refractivity contribution in [3.63, 3.8) is 0 Å². The van der Waals surface area contributed by atoms with E-state index in [9.17, 15) is 22.8 Å². The van der Waals surface area contributed by atoms with Gasteiger partial charge in [0.15, 0.2) is 0 Å². The Balaban J connectivity index is 1.47. The predicted molar refractivity (Wildman–Crippen MR) is 122 cm³/mol. The van der Waals surface area contributed by atoms with Crippen LogP contribution < -0.4 is 4.74 Å². The minimum Gasteiger partial charge on any atom is -0.497 e. The number of hydrogen-bond donors (Lipinski definition) is 0. The van der Waals surface area contributed by atoms with Crippen molar-refractivity contribution >= 4 is 11.8 Å². The number of halogens is 3. The van der Waals surface area contributed by atoms with Crippen LogP contribution in [0.5, 0.6) is 5.75 Å². The molecule has 0 saturated carbocycles. The average Bonchev–Trinajstić information content (AvgIpc) is 2.87. The van der Waals surface area contributed by atoms with Crippen LogP contribution in [0, 0.1) is 0 Å². The summed E-state index contributed by atoms with van der Waals surface area (Å²) < 4.78 is 43.9. The van der Waals surface area contributed by atoms with E-state index in [1.165, 1.54) is 19.2 Å². The molecule has 1 heterocycles. The van der Waals surface area contributed by atoms with Gasteiger partial charge in [0.05, 0.1) is 12.7 Å². The summed E-state index contributed by atoms with van der Waals surface area (Å²) in [5, 5.41) is 0. The van der Waals surface area contributed by atoms with Gasteiger partial charge in [-0.3, -0.25) is 9.59 Å². The van der Waals surface area contributed by atoms with Gasteiger partial charge in [-0.1, -0.05) is 36.4 Å². The van der Waals surface area contributed by atoms with Crippen molar-refractivity contribution < 1.29 is 27.5 Å². The SMILES string of the molecule is COc1cccc(C(=O)N2CCN(C(=O)c3ccccc3-c3ccc(C(F)(F)F)cc3)CC2)c1. The second kappa shape index (κ2) is 9.59. The topological polar surface area (TPSA) is 49.9 Å². The third-order valence-corrected chi connectivity index (χ3v) is 5.85. The fourth-order valence-corrected chi connectivity index (χ4v) is 3.98. The summed E-state index contributed by atoms with van der Waals surface area (Å²) in [5.74, 6) is 0.250. The van der Waals surface area contributed by atoms with E-state index in [-0.39, 0.29) is 11.8 Å². The molecule has 0 aromatic heterocycles. The van der Waals surface area contributed by atoms with Crippen molar-refractivity contribution in [1.82, 2.24) is 9.80 Å². The molecule has 0 spiro atoms. The first-order valence-electron chi connectivity index (χ1n) is 10.8. The molecule has 34 heavy (non-hydrogen) atoms. The summed E-state index contributed by atoms with van der Waals surface area (Å²) in [7, 11) is 1.54. The molecular weight excluding hydrogens is 445 g/mol. The molecule has 0 unspecified atom stereocenters. The number of rotatable bonds is 4. The third kappa shape index (κ3) is 4.90. The zero-order chi connectivity index (χ0) is 24.3. The van der Waals surface area contributed by atoms with Crippen LogP contribution >= 0.6 is 0 Å². The van der Waals surface area contributed by atoms with Crippen LogP contribution in [0.15, 0.2) is 72.8 Å². The van der Waals surface area contributed by atoms with Gasteiger partial charge in [-0.15, -0.1) is 0 Å². The van der Waals surface area contributed by atoms with Crippen LogP contribution in [0.1, 0.15) is 26.3 Å². The Bertz CT molecular complexity index is 1180. The summed E-state index contributed by atoms with van der Waals surface area (Å²) >= 11 is 0. The summed E-state index contributed by atoms with van der Waals surface area (Å²) in [4.78, 5) is 29.5. The lowest BCUT2D eigenvalue weighted by atomic mass is 9.97. The Kier molecular flexibility index (Phi) is 6.58. The Labute approximate surface area is 195 Å². The van der Waals surface area contributed by atoms with Crippen LogP contribution in [-0.4, -0.2) is 54.9 Å². The maximum Gasteiger partial charge on any atom is 0.416 e. The second-order valence-corrected chi connectivity index (χ2v) is 7.94. The molecule has 1 fully saturated rings. The maximum absolute atomic E-state index is 13.3. The van der Waals surface area contributed by atoms with E-state index < -0.39 is 11.7 Å². The molecule has 1 aliphatic heterocycles. The summed E-state index contributed by atoms with van der Waals surface area (Å²) in [6.45, 7) is 1.47. The molecule has 1 aliphatic rings. The zero-order valence-electron chi connectivity index (χ0n) is 18.5. The molecule has 4 rings (SSSR count). The highest BCUT2D eigenvalue weighted by molar-refractivity contribution is 6.01. The number of methoxy groups -OCH3 is 1. The maximum atomic E-state index is 13.3. The molecule has 176 valence electrons. The first kappa shape index (κ1) is 23.4. The lowest BCUT2D eigenvalue weighted by Crippen LogP contribution is -2.50. The van der Waals surface area contributed by atoms with Gasteiger partial charge in [-0.25, -0.2) is 0 Å². The molecule has 0 aliphatic carbocycles. The summed E-state index contributed by atoms with van der Waals surface area (Å²) in [6, 6.07) is 18.6. The number of alkyl halides is 3. The first-order valence-corrected chi connectivity index (χ1v) is 10.8. The molecule has 2 amide bonds. The number of hydrogen-bond acceptors (Lipinski definition) is 3. The van der Waals surface area contributed by atoms with Gasteiger partial charge < -0.3 is 14.5 Å². The molecule has 3 aromatic carbocycles. The normalized spacial score (nSPS) is 14.1. The standard InChI is InChI=1S/C26H23F3N2O3/c1-34-21-6-4-5-19(17-21)24(32)30-13-15-31(16-14-30)25(33)23-8-3-2-7-22(23)18-9-11-20(12-10-18)26(27,28)29/h2-12,17H,13-16H2,1H3. The van der Waals surface area contributed by atoms with Crippen molar-refractivity contribution in [2.75, 3.05) is 33.3 Å². The monoisotopic (exact) mass is 468 g/mol. The van der Waals surface area contributed by atoms with E-state index in [4.69, 9.17) is 4.74 Å². The van der Waals surface area contributed by atoms with Crippen LogP contribution in [-0.2, 0) is 6.18 Å². The quantitative estimate of drug-likeness (QED) is 0.543. The molecule has 1 saturated heterocycles. The molecule has 0 atom stereocenters. The van der Waals surface area contributed by atoms with Gasteiger partial charge in [0.25, 0.3) is 11.8 Å². The third-order valence-electron chi connectivity index (χ3n) is 5.85. The van der Waals surface area contributed by atoms with E-state index in [1.54, 1.807) is 58.3 Å².